The number of nitrogens with zero attached hydrogens (tertiary/aromatic N) is 1. The van der Waals surface area contributed by atoms with Crippen LogP contribution in [-0.4, -0.2) is 33.9 Å². The number of amides is 2. The van der Waals surface area contributed by atoms with Crippen molar-refractivity contribution in [2.45, 2.75) is 47.1 Å². The summed E-state index contributed by atoms with van der Waals surface area (Å²) in [5.41, 5.74) is -0.0422. The van der Waals surface area contributed by atoms with Crippen molar-refractivity contribution in [1.29, 1.82) is 0 Å². The largest absolute Gasteiger partial charge is 0.480 e. The first-order chi connectivity index (χ1) is 10.5. The van der Waals surface area contributed by atoms with E-state index < -0.39 is 23.3 Å². The van der Waals surface area contributed by atoms with Crippen molar-refractivity contribution in [2.75, 3.05) is 5.32 Å². The molecular formula is C15H23N3O4S. The molecule has 2 amide bonds. The molecule has 1 atom stereocenters. The van der Waals surface area contributed by atoms with Crippen molar-refractivity contribution in [2.24, 2.45) is 11.3 Å². The van der Waals surface area contributed by atoms with Crippen LogP contribution in [-0.2, 0) is 20.8 Å². The molecule has 0 aliphatic heterocycles. The van der Waals surface area contributed by atoms with E-state index in [1.54, 1.807) is 40.0 Å². The van der Waals surface area contributed by atoms with Crippen molar-refractivity contribution in [3.8, 4) is 0 Å². The van der Waals surface area contributed by atoms with Gasteiger partial charge in [0.25, 0.3) is 0 Å². The molecule has 3 N–H and O–H groups in total. The molecule has 0 fully saturated rings. The second kappa shape index (κ2) is 7.54. The van der Waals surface area contributed by atoms with Crippen LogP contribution in [0.3, 0.4) is 0 Å². The van der Waals surface area contributed by atoms with Gasteiger partial charge in [0.1, 0.15) is 6.04 Å². The quantitative estimate of drug-likeness (QED) is 0.732. The molecular weight excluding hydrogens is 318 g/mol. The number of carboxylic acid groups (broad SMARTS) is 1. The third-order valence-corrected chi connectivity index (χ3v) is 3.85. The van der Waals surface area contributed by atoms with Gasteiger partial charge in [-0.2, -0.15) is 0 Å². The van der Waals surface area contributed by atoms with Gasteiger partial charge >= 0.3 is 5.97 Å². The van der Waals surface area contributed by atoms with E-state index in [2.05, 4.69) is 15.6 Å². The first-order valence-corrected chi connectivity index (χ1v) is 8.16. The van der Waals surface area contributed by atoms with Crippen LogP contribution in [0.25, 0.3) is 0 Å². The fourth-order valence-corrected chi connectivity index (χ4v) is 2.34. The predicted octanol–water partition coefficient (Wildman–Crippen LogP) is 1.90. The number of aromatic nitrogens is 1. The minimum atomic E-state index is -1.07. The number of nitrogens with one attached hydrogen (secondary N) is 2. The zero-order chi connectivity index (χ0) is 17.8. The van der Waals surface area contributed by atoms with Crippen LogP contribution < -0.4 is 10.6 Å². The molecule has 0 aliphatic carbocycles. The lowest BCUT2D eigenvalue weighted by atomic mass is 9.96. The fraction of sp³-hybridized carbons (Fsp3) is 0.600. The number of anilines is 1. The van der Waals surface area contributed by atoms with Gasteiger partial charge < -0.3 is 15.7 Å². The Bertz CT molecular complexity index is 590. The summed E-state index contributed by atoms with van der Waals surface area (Å²) in [6.45, 7) is 8.83. The van der Waals surface area contributed by atoms with Gasteiger partial charge in [-0.3, -0.25) is 9.59 Å². The third-order valence-electron chi connectivity index (χ3n) is 3.04. The zero-order valence-corrected chi connectivity index (χ0v) is 14.8. The Balaban J connectivity index is 2.64. The number of aliphatic carboxylic acids is 1. The van der Waals surface area contributed by atoms with Crippen LogP contribution in [0.5, 0.6) is 0 Å². The molecule has 8 heteroatoms. The number of rotatable bonds is 6. The molecule has 0 aromatic carbocycles. The standard InChI is InChI=1S/C15H23N3O4S/c1-8(2)11(12(20)21)17-10(19)6-9-7-23-14(16-9)18-13(22)15(3,4)5/h7-8,11H,6H2,1-5H3,(H,17,19)(H,20,21)(H,16,18,22)/t11-/m1/s1. The topological polar surface area (TPSA) is 108 Å². The van der Waals surface area contributed by atoms with Crippen molar-refractivity contribution in [3.05, 3.63) is 11.1 Å². The fourth-order valence-electron chi connectivity index (χ4n) is 1.63. The number of hydrogen-bond acceptors (Lipinski definition) is 5. The molecule has 1 aromatic rings. The van der Waals surface area contributed by atoms with Gasteiger partial charge in [-0.15, -0.1) is 11.3 Å². The van der Waals surface area contributed by atoms with Crippen LogP contribution in [0.15, 0.2) is 5.38 Å². The van der Waals surface area contributed by atoms with Crippen molar-refractivity contribution >= 4 is 34.3 Å². The highest BCUT2D eigenvalue weighted by molar-refractivity contribution is 7.13. The molecule has 7 nitrogen and oxygen atoms in total. The van der Waals surface area contributed by atoms with Gasteiger partial charge in [-0.1, -0.05) is 34.6 Å². The van der Waals surface area contributed by atoms with E-state index in [1.165, 1.54) is 11.3 Å². The SMILES string of the molecule is CC(C)[C@@H](NC(=O)Cc1csc(NC(=O)C(C)(C)C)n1)C(=O)O. The summed E-state index contributed by atoms with van der Waals surface area (Å²) < 4.78 is 0. The van der Waals surface area contributed by atoms with Crippen LogP contribution in [0.1, 0.15) is 40.3 Å². The summed E-state index contributed by atoms with van der Waals surface area (Å²) in [5.74, 6) is -1.85. The third kappa shape index (κ3) is 5.97. The smallest absolute Gasteiger partial charge is 0.326 e. The minimum absolute atomic E-state index is 0.0294. The van der Waals surface area contributed by atoms with E-state index >= 15 is 0 Å². The van der Waals surface area contributed by atoms with E-state index in [1.807, 2.05) is 0 Å². The number of thiazole rings is 1. The molecule has 0 aliphatic rings. The average molecular weight is 341 g/mol. The Kier molecular flexibility index (Phi) is 6.26. The maximum absolute atomic E-state index is 11.9. The molecule has 0 saturated heterocycles. The van der Waals surface area contributed by atoms with Gasteiger partial charge in [0.05, 0.1) is 12.1 Å². The summed E-state index contributed by atoms with van der Waals surface area (Å²) in [7, 11) is 0. The Hall–Kier alpha value is -1.96. The minimum Gasteiger partial charge on any atom is -0.480 e. The Morgan fingerprint density at radius 2 is 1.91 bits per heavy atom. The van der Waals surface area contributed by atoms with Crippen LogP contribution in [0.4, 0.5) is 5.13 Å². The van der Waals surface area contributed by atoms with Gasteiger partial charge in [0, 0.05) is 10.8 Å². The second-order valence-corrected chi connectivity index (χ2v) is 7.51. The van der Waals surface area contributed by atoms with E-state index in [9.17, 15) is 14.4 Å². The summed E-state index contributed by atoms with van der Waals surface area (Å²) in [6.07, 6.45) is -0.0294. The van der Waals surface area contributed by atoms with Gasteiger partial charge in [-0.05, 0) is 5.92 Å². The Morgan fingerprint density at radius 3 is 2.39 bits per heavy atom. The van der Waals surface area contributed by atoms with Gasteiger partial charge in [0.15, 0.2) is 5.13 Å². The lowest BCUT2D eigenvalue weighted by molar-refractivity contribution is -0.143. The molecule has 1 heterocycles. The first kappa shape index (κ1) is 19.1. The van der Waals surface area contributed by atoms with Gasteiger partial charge in [0.2, 0.25) is 11.8 Å². The van der Waals surface area contributed by atoms with E-state index in [0.29, 0.717) is 10.8 Å². The monoisotopic (exact) mass is 341 g/mol. The highest BCUT2D eigenvalue weighted by Gasteiger charge is 2.24. The molecule has 1 rings (SSSR count). The zero-order valence-electron chi connectivity index (χ0n) is 14.0. The molecule has 0 bridgehead atoms. The molecule has 0 saturated carbocycles. The molecule has 23 heavy (non-hydrogen) atoms. The van der Waals surface area contributed by atoms with Crippen LogP contribution >= 0.6 is 11.3 Å². The summed E-state index contributed by atoms with van der Waals surface area (Å²) in [5, 5.41) is 16.3. The molecule has 1 aromatic heterocycles. The summed E-state index contributed by atoms with van der Waals surface area (Å²) in [6, 6.07) is -0.929. The van der Waals surface area contributed by atoms with Gasteiger partial charge in [-0.25, -0.2) is 9.78 Å². The molecule has 0 radical (unpaired) electrons. The highest BCUT2D eigenvalue weighted by atomic mass is 32.1. The predicted molar refractivity (Wildman–Crippen MR) is 88.3 cm³/mol. The van der Waals surface area contributed by atoms with Crippen molar-refractivity contribution < 1.29 is 19.5 Å². The maximum Gasteiger partial charge on any atom is 0.326 e. The van der Waals surface area contributed by atoms with Crippen LogP contribution in [0, 0.1) is 11.3 Å². The number of carbonyl (C=O) groups excluding carboxylic acids is 2. The summed E-state index contributed by atoms with van der Waals surface area (Å²) in [4.78, 5) is 39.0. The van der Waals surface area contributed by atoms with E-state index in [4.69, 9.17) is 5.11 Å². The lowest BCUT2D eigenvalue weighted by Crippen LogP contribution is -2.44. The molecule has 0 spiro atoms. The van der Waals surface area contributed by atoms with E-state index in [-0.39, 0.29) is 18.2 Å². The van der Waals surface area contributed by atoms with Crippen molar-refractivity contribution in [1.82, 2.24) is 10.3 Å². The van der Waals surface area contributed by atoms with Crippen molar-refractivity contribution in [3.63, 3.8) is 0 Å². The maximum atomic E-state index is 11.9. The number of carboxylic acids is 1. The average Bonchev–Trinajstić information content (AvgIpc) is 2.81. The van der Waals surface area contributed by atoms with Crippen LogP contribution in [0.2, 0.25) is 0 Å². The molecule has 0 unspecified atom stereocenters. The summed E-state index contributed by atoms with van der Waals surface area (Å²) >= 11 is 1.23. The number of hydrogen-bond donors (Lipinski definition) is 3. The second-order valence-electron chi connectivity index (χ2n) is 6.65. The Labute approximate surface area is 139 Å². The number of carbonyl (C=O) groups is 3. The highest BCUT2D eigenvalue weighted by Crippen LogP contribution is 2.20. The van der Waals surface area contributed by atoms with E-state index in [0.717, 1.165) is 0 Å². The lowest BCUT2D eigenvalue weighted by Gasteiger charge is -2.17. The Morgan fingerprint density at radius 1 is 1.30 bits per heavy atom. The molecule has 128 valence electrons. The first-order valence-electron chi connectivity index (χ1n) is 7.28. The normalized spacial score (nSPS) is 12.8.